The van der Waals surface area contributed by atoms with E-state index in [0.717, 1.165) is 5.57 Å². The fraction of sp³-hybridized carbons (Fsp3) is 0.273. The van der Waals surface area contributed by atoms with Crippen LogP contribution in [0, 0.1) is 5.82 Å². The van der Waals surface area contributed by atoms with Crippen LogP contribution < -0.4 is 0 Å². The molecule has 0 aliphatic rings. The second kappa shape index (κ2) is 5.13. The van der Waals surface area contributed by atoms with E-state index >= 15 is 0 Å². The summed E-state index contributed by atoms with van der Waals surface area (Å²) in [6.45, 7) is 1.87. The van der Waals surface area contributed by atoms with Crippen LogP contribution in [0.2, 0.25) is 5.02 Å². The van der Waals surface area contributed by atoms with Gasteiger partial charge >= 0.3 is 0 Å². The number of rotatable bonds is 3. The first-order chi connectivity index (χ1) is 6.67. The molecule has 0 amide bonds. The maximum Gasteiger partial charge on any atom is 0.131 e. The van der Waals surface area contributed by atoms with Gasteiger partial charge in [-0.2, -0.15) is 0 Å². The fourth-order valence-corrected chi connectivity index (χ4v) is 1.26. The highest BCUT2D eigenvalue weighted by Crippen LogP contribution is 2.17. The first-order valence-electron chi connectivity index (χ1n) is 4.42. The van der Waals surface area contributed by atoms with Crippen molar-refractivity contribution < 1.29 is 9.50 Å². The second-order valence-corrected chi connectivity index (χ2v) is 3.42. The summed E-state index contributed by atoms with van der Waals surface area (Å²) in [5.74, 6) is -0.364. The third-order valence-corrected chi connectivity index (χ3v) is 2.21. The lowest BCUT2D eigenvalue weighted by Gasteiger charge is -2.01. The molecule has 3 heteroatoms. The molecule has 0 aliphatic carbocycles. The molecule has 0 bridgehead atoms. The summed E-state index contributed by atoms with van der Waals surface area (Å²) in [7, 11) is 0. The normalized spacial score (nSPS) is 11.9. The molecule has 0 atom stereocenters. The van der Waals surface area contributed by atoms with Crippen LogP contribution in [0.25, 0.3) is 6.08 Å². The Bertz CT molecular complexity index is 341. The monoisotopic (exact) mass is 214 g/mol. The first-order valence-corrected chi connectivity index (χ1v) is 4.80. The van der Waals surface area contributed by atoms with Gasteiger partial charge in [0.05, 0.1) is 6.61 Å². The van der Waals surface area contributed by atoms with Crippen LogP contribution in [-0.4, -0.2) is 11.7 Å². The average Bonchev–Trinajstić information content (AvgIpc) is 2.17. The molecule has 0 fully saturated rings. The maximum absolute atomic E-state index is 13.3. The van der Waals surface area contributed by atoms with Gasteiger partial charge < -0.3 is 5.11 Å². The number of aliphatic hydroxyl groups excluding tert-OH is 1. The number of aliphatic hydroxyl groups is 1. The summed E-state index contributed by atoms with van der Waals surface area (Å²) in [5, 5.41) is 9.29. The van der Waals surface area contributed by atoms with E-state index in [4.69, 9.17) is 16.7 Å². The van der Waals surface area contributed by atoms with Crippen molar-refractivity contribution in [2.45, 2.75) is 13.3 Å². The molecule has 76 valence electrons. The molecule has 0 aromatic heterocycles. The minimum Gasteiger partial charge on any atom is -0.392 e. The maximum atomic E-state index is 13.3. The van der Waals surface area contributed by atoms with Gasteiger partial charge in [0.1, 0.15) is 5.82 Å². The van der Waals surface area contributed by atoms with Crippen LogP contribution in [0.3, 0.4) is 0 Å². The zero-order valence-electron chi connectivity index (χ0n) is 7.93. The van der Waals surface area contributed by atoms with Gasteiger partial charge in [-0.25, -0.2) is 4.39 Å². The standard InChI is InChI=1S/C11H12ClFO/c1-2-8(7-14)5-9-3-4-10(12)6-11(9)13/h3-6,14H,2,7H2,1H3/b8-5-. The summed E-state index contributed by atoms with van der Waals surface area (Å²) in [4.78, 5) is 0. The minimum atomic E-state index is -0.364. The second-order valence-electron chi connectivity index (χ2n) is 2.98. The van der Waals surface area contributed by atoms with E-state index in [1.807, 2.05) is 6.92 Å². The number of benzene rings is 1. The van der Waals surface area contributed by atoms with Crippen LogP contribution in [-0.2, 0) is 0 Å². The largest absolute Gasteiger partial charge is 0.392 e. The Kier molecular flexibility index (Phi) is 4.11. The molecule has 14 heavy (non-hydrogen) atoms. The van der Waals surface area contributed by atoms with Crippen molar-refractivity contribution in [3.8, 4) is 0 Å². The summed E-state index contributed by atoms with van der Waals surface area (Å²) in [5.41, 5.74) is 1.26. The highest BCUT2D eigenvalue weighted by atomic mass is 35.5. The summed E-state index contributed by atoms with van der Waals surface area (Å²) >= 11 is 5.61. The van der Waals surface area contributed by atoms with Gasteiger partial charge in [-0.15, -0.1) is 0 Å². The summed E-state index contributed by atoms with van der Waals surface area (Å²) < 4.78 is 13.3. The molecule has 0 saturated carbocycles. The SMILES string of the molecule is CC/C(=C/c1ccc(Cl)cc1F)CO. The van der Waals surface area contributed by atoms with Gasteiger partial charge in [-0.1, -0.05) is 30.7 Å². The van der Waals surface area contributed by atoms with E-state index in [0.29, 0.717) is 17.0 Å². The number of halogens is 2. The highest BCUT2D eigenvalue weighted by molar-refractivity contribution is 6.30. The van der Waals surface area contributed by atoms with Gasteiger partial charge in [0, 0.05) is 10.6 Å². The Labute approximate surface area is 87.8 Å². The van der Waals surface area contributed by atoms with Crippen LogP contribution >= 0.6 is 11.6 Å². The third-order valence-electron chi connectivity index (χ3n) is 1.98. The van der Waals surface area contributed by atoms with Crippen molar-refractivity contribution in [1.82, 2.24) is 0 Å². The Morgan fingerprint density at radius 1 is 1.57 bits per heavy atom. The van der Waals surface area contributed by atoms with E-state index < -0.39 is 0 Å². The lowest BCUT2D eigenvalue weighted by atomic mass is 10.1. The van der Waals surface area contributed by atoms with Crippen molar-refractivity contribution in [1.29, 1.82) is 0 Å². The zero-order chi connectivity index (χ0) is 10.6. The molecule has 1 nitrogen and oxygen atoms in total. The van der Waals surface area contributed by atoms with Crippen LogP contribution in [0.5, 0.6) is 0 Å². The lowest BCUT2D eigenvalue weighted by molar-refractivity contribution is 0.329. The quantitative estimate of drug-likeness (QED) is 0.819. The van der Waals surface area contributed by atoms with Crippen LogP contribution in [0.15, 0.2) is 23.8 Å². The molecule has 1 aromatic rings. The van der Waals surface area contributed by atoms with Crippen molar-refractivity contribution in [2.75, 3.05) is 6.61 Å². The predicted molar refractivity (Wildman–Crippen MR) is 56.8 cm³/mol. The molecule has 0 spiro atoms. The molecule has 0 unspecified atom stereocenters. The Hall–Kier alpha value is -0.860. The van der Waals surface area contributed by atoms with Crippen molar-refractivity contribution >= 4 is 17.7 Å². The molecule has 0 saturated heterocycles. The molecule has 1 aromatic carbocycles. The van der Waals surface area contributed by atoms with Crippen molar-refractivity contribution in [3.05, 3.63) is 40.2 Å². The molecular weight excluding hydrogens is 203 g/mol. The molecule has 1 rings (SSSR count). The zero-order valence-corrected chi connectivity index (χ0v) is 8.68. The molecule has 0 radical (unpaired) electrons. The molecular formula is C11H12ClFO. The smallest absolute Gasteiger partial charge is 0.131 e. The Morgan fingerprint density at radius 3 is 2.79 bits per heavy atom. The van der Waals surface area contributed by atoms with Gasteiger partial charge in [0.15, 0.2) is 0 Å². The molecule has 0 aliphatic heterocycles. The number of hydrogen-bond acceptors (Lipinski definition) is 1. The third kappa shape index (κ3) is 2.82. The Balaban J connectivity index is 3.02. The van der Waals surface area contributed by atoms with E-state index in [-0.39, 0.29) is 12.4 Å². The van der Waals surface area contributed by atoms with E-state index in [1.165, 1.54) is 6.07 Å². The minimum absolute atomic E-state index is 0.0431. The predicted octanol–water partition coefficient (Wildman–Crippen LogP) is 3.26. The lowest BCUT2D eigenvalue weighted by Crippen LogP contribution is -1.90. The van der Waals surface area contributed by atoms with Gasteiger partial charge in [-0.3, -0.25) is 0 Å². The number of hydrogen-bond donors (Lipinski definition) is 1. The molecule has 0 heterocycles. The first kappa shape index (κ1) is 11.2. The van der Waals surface area contributed by atoms with Gasteiger partial charge in [0.25, 0.3) is 0 Å². The molecule has 1 N–H and O–H groups in total. The van der Waals surface area contributed by atoms with Gasteiger partial charge in [0.2, 0.25) is 0 Å². The van der Waals surface area contributed by atoms with E-state index in [9.17, 15) is 4.39 Å². The van der Waals surface area contributed by atoms with Gasteiger partial charge in [-0.05, 0) is 24.1 Å². The fourth-order valence-electron chi connectivity index (χ4n) is 1.10. The van der Waals surface area contributed by atoms with Crippen LogP contribution in [0.4, 0.5) is 4.39 Å². The topological polar surface area (TPSA) is 20.2 Å². The Morgan fingerprint density at radius 2 is 2.29 bits per heavy atom. The summed E-state index contributed by atoms with van der Waals surface area (Å²) in [6, 6.07) is 4.49. The summed E-state index contributed by atoms with van der Waals surface area (Å²) in [6.07, 6.45) is 2.35. The van der Waals surface area contributed by atoms with E-state index in [1.54, 1.807) is 18.2 Å². The average molecular weight is 215 g/mol. The van der Waals surface area contributed by atoms with Crippen molar-refractivity contribution in [3.63, 3.8) is 0 Å². The highest BCUT2D eigenvalue weighted by Gasteiger charge is 2.01. The van der Waals surface area contributed by atoms with E-state index in [2.05, 4.69) is 0 Å². The van der Waals surface area contributed by atoms with Crippen LogP contribution in [0.1, 0.15) is 18.9 Å². The van der Waals surface area contributed by atoms with Crippen molar-refractivity contribution in [2.24, 2.45) is 0 Å².